The summed E-state index contributed by atoms with van der Waals surface area (Å²) in [6.07, 6.45) is 0.914. The van der Waals surface area contributed by atoms with Crippen LogP contribution in [-0.4, -0.2) is 40.2 Å². The molecule has 114 valence electrons. The molecule has 9 heteroatoms. The summed E-state index contributed by atoms with van der Waals surface area (Å²) in [5.74, 6) is 2.66. The Morgan fingerprint density at radius 3 is 2.40 bits per heavy atom. The lowest BCUT2D eigenvalue weighted by atomic mass is 10.4. The lowest BCUT2D eigenvalue weighted by Crippen LogP contribution is -2.32. The highest BCUT2D eigenvalue weighted by Gasteiger charge is 2.29. The Morgan fingerprint density at radius 1 is 1.35 bits per heavy atom. The number of allylic oxidation sites excluding steroid dienone is 1. The number of nitrogens with zero attached hydrogens (tertiary/aromatic N) is 2. The van der Waals surface area contributed by atoms with Gasteiger partial charge in [-0.05, 0) is 12.2 Å². The van der Waals surface area contributed by atoms with E-state index in [2.05, 4.69) is 0 Å². The van der Waals surface area contributed by atoms with Crippen LogP contribution in [0.15, 0.2) is 20.2 Å². The zero-order chi connectivity index (χ0) is 15.1. The van der Waals surface area contributed by atoms with Gasteiger partial charge in [-0.1, -0.05) is 41.7 Å². The molecule has 0 amide bonds. The van der Waals surface area contributed by atoms with E-state index in [0.29, 0.717) is 5.03 Å². The van der Waals surface area contributed by atoms with Gasteiger partial charge in [0.15, 0.2) is 10.1 Å². The molecule has 1 rings (SSSR count). The van der Waals surface area contributed by atoms with Crippen LogP contribution in [-0.2, 0) is 0 Å². The summed E-state index contributed by atoms with van der Waals surface area (Å²) in [7, 11) is 0. The fourth-order valence-electron chi connectivity index (χ4n) is 1.62. The molecule has 1 aliphatic heterocycles. The summed E-state index contributed by atoms with van der Waals surface area (Å²) in [4.78, 5) is 12.8. The van der Waals surface area contributed by atoms with Crippen molar-refractivity contribution in [2.24, 2.45) is 0 Å². The molecule has 1 heterocycles. The predicted molar refractivity (Wildman–Crippen MR) is 90.3 cm³/mol. The van der Waals surface area contributed by atoms with Gasteiger partial charge in [-0.3, -0.25) is 10.1 Å². The van der Waals surface area contributed by atoms with Crippen molar-refractivity contribution in [3.63, 3.8) is 0 Å². The van der Waals surface area contributed by atoms with Gasteiger partial charge in [-0.15, -0.1) is 11.8 Å². The lowest BCUT2D eigenvalue weighted by molar-refractivity contribution is -0.421. The number of rotatable bonds is 6. The summed E-state index contributed by atoms with van der Waals surface area (Å²) in [5.41, 5.74) is -0.197. The molecule has 0 saturated carbocycles. The highest BCUT2D eigenvalue weighted by molar-refractivity contribution is 8.03. The van der Waals surface area contributed by atoms with Crippen LogP contribution in [0.1, 0.15) is 13.3 Å². The van der Waals surface area contributed by atoms with E-state index in [4.69, 9.17) is 34.8 Å². The maximum absolute atomic E-state index is 11.4. The standard InChI is InChI=1S/C11H15Cl3N2O2S2/c1-2-5-20-11(15-3-6-19-7-4-15)9(16(17)18)8(12)10(13)14/h2-7H2,1H3/b11-9-. The molecule has 0 aromatic heterocycles. The van der Waals surface area contributed by atoms with Gasteiger partial charge in [0.1, 0.15) is 4.49 Å². The van der Waals surface area contributed by atoms with Gasteiger partial charge in [0.25, 0.3) is 0 Å². The quantitative estimate of drug-likeness (QED) is 0.387. The molecule has 0 N–H and O–H groups in total. The van der Waals surface area contributed by atoms with Gasteiger partial charge < -0.3 is 4.90 Å². The molecule has 0 aromatic rings. The van der Waals surface area contributed by atoms with Crippen LogP contribution in [0.5, 0.6) is 0 Å². The van der Waals surface area contributed by atoms with E-state index in [1.54, 1.807) is 0 Å². The van der Waals surface area contributed by atoms with Crippen molar-refractivity contribution >= 4 is 58.3 Å². The Kier molecular flexibility index (Phi) is 8.51. The Morgan fingerprint density at radius 2 is 1.95 bits per heavy atom. The second-order valence-corrected chi connectivity index (χ2v) is 7.57. The second-order valence-electron chi connectivity index (χ2n) is 3.93. The van der Waals surface area contributed by atoms with Crippen molar-refractivity contribution in [1.29, 1.82) is 0 Å². The molecule has 1 fully saturated rings. The summed E-state index contributed by atoms with van der Waals surface area (Å²) < 4.78 is -0.278. The molecule has 0 unspecified atom stereocenters. The van der Waals surface area contributed by atoms with Gasteiger partial charge in [0.05, 0.1) is 4.92 Å². The van der Waals surface area contributed by atoms with Crippen molar-refractivity contribution in [1.82, 2.24) is 4.90 Å². The van der Waals surface area contributed by atoms with Crippen LogP contribution < -0.4 is 0 Å². The SMILES string of the molecule is CCCS/C(=C(/C(Cl)=C(Cl)Cl)[N+](=O)[O-])N1CCSCC1. The first-order valence-corrected chi connectivity index (χ1v) is 9.31. The van der Waals surface area contributed by atoms with Crippen LogP contribution in [0.4, 0.5) is 0 Å². The molecule has 0 bridgehead atoms. The Bertz CT molecular complexity index is 420. The van der Waals surface area contributed by atoms with Crippen molar-refractivity contribution in [3.8, 4) is 0 Å². The predicted octanol–water partition coefficient (Wildman–Crippen LogP) is 4.51. The highest BCUT2D eigenvalue weighted by Crippen LogP contribution is 2.35. The molecular weight excluding hydrogens is 363 g/mol. The summed E-state index contributed by atoms with van der Waals surface area (Å²) in [6.45, 7) is 3.55. The first-order chi connectivity index (χ1) is 9.49. The smallest absolute Gasteiger partial charge is 0.319 e. The molecule has 1 aliphatic rings. The first kappa shape index (κ1) is 18.3. The molecule has 20 heavy (non-hydrogen) atoms. The van der Waals surface area contributed by atoms with Gasteiger partial charge in [0.2, 0.25) is 0 Å². The average molecular weight is 378 g/mol. The minimum absolute atomic E-state index is 0.197. The minimum Gasteiger partial charge on any atom is -0.359 e. The summed E-state index contributed by atoms with van der Waals surface area (Å²) >= 11 is 20.5. The maximum atomic E-state index is 11.4. The van der Waals surface area contributed by atoms with E-state index in [1.807, 2.05) is 23.6 Å². The zero-order valence-corrected chi connectivity index (χ0v) is 14.8. The largest absolute Gasteiger partial charge is 0.359 e. The third kappa shape index (κ3) is 5.22. The van der Waals surface area contributed by atoms with Gasteiger partial charge in [-0.25, -0.2) is 0 Å². The number of halogens is 3. The molecule has 0 radical (unpaired) electrons. The van der Waals surface area contributed by atoms with E-state index < -0.39 is 4.92 Å². The van der Waals surface area contributed by atoms with Crippen molar-refractivity contribution in [2.45, 2.75) is 13.3 Å². The van der Waals surface area contributed by atoms with Crippen LogP contribution in [0, 0.1) is 10.1 Å². The molecule has 1 saturated heterocycles. The second kappa shape index (κ2) is 9.30. The zero-order valence-electron chi connectivity index (χ0n) is 10.9. The van der Waals surface area contributed by atoms with Crippen molar-refractivity contribution < 1.29 is 4.92 Å². The van der Waals surface area contributed by atoms with E-state index in [9.17, 15) is 10.1 Å². The van der Waals surface area contributed by atoms with Crippen LogP contribution in [0.2, 0.25) is 0 Å². The topological polar surface area (TPSA) is 46.4 Å². The molecule has 0 atom stereocenters. The molecule has 0 aliphatic carbocycles. The normalized spacial score (nSPS) is 16.7. The third-order valence-electron chi connectivity index (χ3n) is 2.50. The van der Waals surface area contributed by atoms with Gasteiger partial charge in [0, 0.05) is 24.6 Å². The Balaban J connectivity index is 3.22. The number of thioether (sulfide) groups is 2. The van der Waals surface area contributed by atoms with E-state index >= 15 is 0 Å². The molecule has 0 aromatic carbocycles. The van der Waals surface area contributed by atoms with E-state index in [-0.39, 0.29) is 15.2 Å². The fraction of sp³-hybridized carbons (Fsp3) is 0.636. The first-order valence-electron chi connectivity index (χ1n) is 6.04. The molecule has 4 nitrogen and oxygen atoms in total. The molecular formula is C11H15Cl3N2O2S2. The highest BCUT2D eigenvalue weighted by atomic mass is 35.5. The van der Waals surface area contributed by atoms with Crippen molar-refractivity contribution in [3.05, 3.63) is 30.4 Å². The Labute approximate surface area is 142 Å². The van der Waals surface area contributed by atoms with Crippen LogP contribution in [0.3, 0.4) is 0 Å². The lowest BCUT2D eigenvalue weighted by Gasteiger charge is -2.29. The summed E-state index contributed by atoms with van der Waals surface area (Å²) in [5, 5.41) is 11.7. The third-order valence-corrected chi connectivity index (χ3v) is 5.72. The average Bonchev–Trinajstić information content (AvgIpc) is 2.43. The Hall–Kier alpha value is 0.250. The van der Waals surface area contributed by atoms with Gasteiger partial charge in [-0.2, -0.15) is 11.8 Å². The summed E-state index contributed by atoms with van der Waals surface area (Å²) in [6, 6.07) is 0. The monoisotopic (exact) mass is 376 g/mol. The minimum atomic E-state index is -0.507. The van der Waals surface area contributed by atoms with Crippen molar-refractivity contribution in [2.75, 3.05) is 30.3 Å². The molecule has 0 spiro atoms. The number of nitro groups is 1. The fourth-order valence-corrected chi connectivity index (χ4v) is 3.99. The van der Waals surface area contributed by atoms with Gasteiger partial charge >= 0.3 is 5.70 Å². The van der Waals surface area contributed by atoms with E-state index in [0.717, 1.165) is 36.8 Å². The number of hydrogen-bond acceptors (Lipinski definition) is 5. The number of hydrogen-bond donors (Lipinski definition) is 0. The maximum Gasteiger partial charge on any atom is 0.319 e. The van der Waals surface area contributed by atoms with Crippen LogP contribution in [0.25, 0.3) is 0 Å². The van der Waals surface area contributed by atoms with E-state index in [1.165, 1.54) is 11.8 Å². The van der Waals surface area contributed by atoms with Crippen LogP contribution >= 0.6 is 58.3 Å².